The second kappa shape index (κ2) is 11.4. The Morgan fingerprint density at radius 2 is 1.02 bits per heavy atom. The molecule has 2 heterocycles. The Morgan fingerprint density at radius 3 is 1.76 bits per heavy atom. The number of aromatic nitrogens is 2. The third kappa shape index (κ3) is 4.31. The maximum atomic E-state index is 10.0. The minimum atomic E-state index is 0.547. The van der Waals surface area contributed by atoms with Gasteiger partial charge in [0.05, 0.1) is 62.7 Å². The Morgan fingerprint density at radius 1 is 0.400 bits per heavy atom. The van der Waals surface area contributed by atoms with Crippen molar-refractivity contribution < 1.29 is 0 Å². The Bertz CT molecular complexity index is 2920. The molecule has 0 amide bonds. The molecular formula is C45H25N5. The Hall–Kier alpha value is -7.39. The molecule has 230 valence electrons. The molecular weight excluding hydrogens is 611 g/mol. The maximum Gasteiger partial charge on any atom is 0.0998 e. The highest BCUT2D eigenvalue weighted by molar-refractivity contribution is 6.12. The molecule has 0 unspecified atom stereocenters. The number of fused-ring (bicyclic) bond motifs is 6. The zero-order chi connectivity index (χ0) is 33.8. The summed E-state index contributed by atoms with van der Waals surface area (Å²) in [5, 5.41) is 33.8. The van der Waals surface area contributed by atoms with Gasteiger partial charge in [-0.15, -0.1) is 0 Å². The van der Waals surface area contributed by atoms with Gasteiger partial charge in [0.1, 0.15) is 0 Å². The summed E-state index contributed by atoms with van der Waals surface area (Å²) in [5.41, 5.74) is 11.6. The molecule has 9 rings (SSSR count). The van der Waals surface area contributed by atoms with Gasteiger partial charge in [-0.3, -0.25) is 0 Å². The fourth-order valence-corrected chi connectivity index (χ4v) is 7.49. The van der Waals surface area contributed by atoms with Crippen molar-refractivity contribution in [2.24, 2.45) is 0 Å². The van der Waals surface area contributed by atoms with Crippen molar-refractivity contribution in [3.05, 3.63) is 168 Å². The molecule has 9 aromatic rings. The van der Waals surface area contributed by atoms with E-state index in [4.69, 9.17) is 0 Å². The maximum absolute atomic E-state index is 10.0. The van der Waals surface area contributed by atoms with E-state index in [0.717, 1.165) is 66.5 Å². The number of hydrogen-bond acceptors (Lipinski definition) is 3. The molecule has 2 aromatic heterocycles. The highest BCUT2D eigenvalue weighted by Gasteiger charge is 2.20. The fourth-order valence-electron chi connectivity index (χ4n) is 7.49. The first kappa shape index (κ1) is 28.8. The van der Waals surface area contributed by atoms with Crippen molar-refractivity contribution in [1.82, 2.24) is 9.13 Å². The topological polar surface area (TPSA) is 81.2 Å². The average Bonchev–Trinajstić information content (AvgIpc) is 3.70. The van der Waals surface area contributed by atoms with Crippen molar-refractivity contribution >= 4 is 43.6 Å². The zero-order valence-corrected chi connectivity index (χ0v) is 26.7. The lowest BCUT2D eigenvalue weighted by molar-refractivity contribution is 1.18. The molecule has 0 spiro atoms. The molecule has 0 aliphatic carbocycles. The van der Waals surface area contributed by atoms with E-state index < -0.39 is 0 Å². The molecule has 0 aliphatic rings. The van der Waals surface area contributed by atoms with Crippen LogP contribution in [-0.4, -0.2) is 9.13 Å². The second-order valence-corrected chi connectivity index (χ2v) is 12.3. The first-order valence-electron chi connectivity index (χ1n) is 16.3. The molecule has 0 atom stereocenters. The fraction of sp³-hybridized carbons (Fsp3) is 0. The van der Waals surface area contributed by atoms with Gasteiger partial charge in [0.25, 0.3) is 0 Å². The highest BCUT2D eigenvalue weighted by Crippen LogP contribution is 2.41. The van der Waals surface area contributed by atoms with Crippen LogP contribution in [0.4, 0.5) is 0 Å². The average molecular weight is 636 g/mol. The van der Waals surface area contributed by atoms with Crippen LogP contribution in [0.15, 0.2) is 152 Å². The summed E-state index contributed by atoms with van der Waals surface area (Å²) < 4.78 is 4.47. The second-order valence-electron chi connectivity index (χ2n) is 12.3. The van der Waals surface area contributed by atoms with E-state index in [0.29, 0.717) is 16.7 Å². The summed E-state index contributed by atoms with van der Waals surface area (Å²) in [4.78, 5) is 0. The van der Waals surface area contributed by atoms with Crippen molar-refractivity contribution in [2.75, 3.05) is 0 Å². The Labute approximate surface area is 287 Å². The summed E-state index contributed by atoms with van der Waals surface area (Å²) in [6, 6.07) is 57.9. The molecule has 0 saturated heterocycles. The smallest absolute Gasteiger partial charge is 0.0998 e. The number of rotatable bonds is 4. The van der Waals surface area contributed by atoms with Crippen LogP contribution in [0.1, 0.15) is 16.7 Å². The van der Waals surface area contributed by atoms with E-state index in [2.05, 4.69) is 118 Å². The van der Waals surface area contributed by atoms with Gasteiger partial charge in [-0.2, -0.15) is 15.8 Å². The first-order valence-corrected chi connectivity index (χ1v) is 16.3. The van der Waals surface area contributed by atoms with E-state index >= 15 is 0 Å². The minimum Gasteiger partial charge on any atom is -0.309 e. The third-order valence-corrected chi connectivity index (χ3v) is 9.62. The summed E-state index contributed by atoms with van der Waals surface area (Å²) in [6.45, 7) is 0. The van der Waals surface area contributed by atoms with Gasteiger partial charge in [-0.05, 0) is 89.5 Å². The van der Waals surface area contributed by atoms with E-state index in [1.54, 1.807) is 0 Å². The number of nitrogens with zero attached hydrogens (tertiary/aromatic N) is 5. The first-order chi connectivity index (χ1) is 24.7. The largest absolute Gasteiger partial charge is 0.309 e. The summed E-state index contributed by atoms with van der Waals surface area (Å²) in [7, 11) is 0. The molecule has 0 bridgehead atoms. The number of nitriles is 3. The third-order valence-electron chi connectivity index (χ3n) is 9.62. The summed E-state index contributed by atoms with van der Waals surface area (Å²) in [5.74, 6) is 0. The summed E-state index contributed by atoms with van der Waals surface area (Å²) >= 11 is 0. The van der Waals surface area contributed by atoms with E-state index in [1.165, 1.54) is 10.8 Å². The molecule has 0 radical (unpaired) electrons. The van der Waals surface area contributed by atoms with Crippen LogP contribution in [0.3, 0.4) is 0 Å². The van der Waals surface area contributed by atoms with Gasteiger partial charge in [-0.1, -0.05) is 78.9 Å². The lowest BCUT2D eigenvalue weighted by Crippen LogP contribution is -1.99. The molecule has 0 fully saturated rings. The van der Waals surface area contributed by atoms with Crippen molar-refractivity contribution in [3.63, 3.8) is 0 Å². The van der Waals surface area contributed by atoms with Crippen molar-refractivity contribution in [3.8, 4) is 51.8 Å². The van der Waals surface area contributed by atoms with Gasteiger partial charge < -0.3 is 9.13 Å². The van der Waals surface area contributed by atoms with Crippen LogP contribution >= 0.6 is 0 Å². The van der Waals surface area contributed by atoms with Gasteiger partial charge >= 0.3 is 0 Å². The normalized spacial score (nSPS) is 11.1. The molecule has 5 heteroatoms. The molecule has 0 saturated carbocycles. The Balaban J connectivity index is 1.29. The highest BCUT2D eigenvalue weighted by atomic mass is 15.0. The van der Waals surface area contributed by atoms with Crippen LogP contribution in [0, 0.1) is 34.0 Å². The zero-order valence-electron chi connectivity index (χ0n) is 26.7. The van der Waals surface area contributed by atoms with E-state index in [-0.39, 0.29) is 0 Å². The molecule has 5 nitrogen and oxygen atoms in total. The van der Waals surface area contributed by atoms with E-state index in [1.807, 2.05) is 60.7 Å². The monoisotopic (exact) mass is 635 g/mol. The van der Waals surface area contributed by atoms with Crippen LogP contribution in [0.2, 0.25) is 0 Å². The number of hydrogen-bond donors (Lipinski definition) is 0. The molecule has 0 N–H and O–H groups in total. The van der Waals surface area contributed by atoms with Gasteiger partial charge in [-0.25, -0.2) is 0 Å². The number of para-hydroxylation sites is 2. The predicted octanol–water partition coefficient (Wildman–Crippen LogP) is 10.8. The van der Waals surface area contributed by atoms with Gasteiger partial charge in [0.15, 0.2) is 0 Å². The van der Waals surface area contributed by atoms with Gasteiger partial charge in [0, 0.05) is 32.8 Å². The van der Waals surface area contributed by atoms with Crippen LogP contribution in [0.5, 0.6) is 0 Å². The van der Waals surface area contributed by atoms with Crippen molar-refractivity contribution in [1.29, 1.82) is 15.8 Å². The molecule has 0 aliphatic heterocycles. The van der Waals surface area contributed by atoms with Gasteiger partial charge in [0.2, 0.25) is 0 Å². The Kier molecular flexibility index (Phi) is 6.56. The summed E-state index contributed by atoms with van der Waals surface area (Å²) in [6.07, 6.45) is 0. The van der Waals surface area contributed by atoms with Crippen LogP contribution < -0.4 is 0 Å². The van der Waals surface area contributed by atoms with Crippen LogP contribution in [-0.2, 0) is 0 Å². The quantitative estimate of drug-likeness (QED) is 0.193. The van der Waals surface area contributed by atoms with E-state index in [9.17, 15) is 15.8 Å². The molecule has 7 aromatic carbocycles. The minimum absolute atomic E-state index is 0.547. The predicted molar refractivity (Wildman–Crippen MR) is 200 cm³/mol. The number of benzene rings is 7. The lowest BCUT2D eigenvalue weighted by atomic mass is 9.92. The van der Waals surface area contributed by atoms with Crippen molar-refractivity contribution in [2.45, 2.75) is 0 Å². The standard InChI is InChI=1S/C45H25N5/c46-26-29-19-21-42(50-40-16-5-3-14-36(40)37-15-4-6-17-41(37)50)38(23-29)35-13-2-1-12-34(35)31-9-7-11-33(25-31)49-43-22-20-30(27-47)24-39(43)45-32(28-48)10-8-18-44(45)49/h1-25H. The SMILES string of the molecule is N#Cc1ccc(-n2c3ccccc3c3ccccc32)c(-c2ccccc2-c2cccc(-n3c4ccc(C#N)cc4c4c(C#N)cccc43)c2)c1. The lowest BCUT2D eigenvalue weighted by Gasteiger charge is -2.18. The van der Waals surface area contributed by atoms with Crippen LogP contribution in [0.25, 0.3) is 77.2 Å². The molecule has 50 heavy (non-hydrogen) atoms.